The third-order valence-electron chi connectivity index (χ3n) is 7.98. The summed E-state index contributed by atoms with van der Waals surface area (Å²) in [6, 6.07) is 43.6. The summed E-state index contributed by atoms with van der Waals surface area (Å²) in [6.45, 7) is 0. The van der Waals surface area contributed by atoms with Gasteiger partial charge in [-0.1, -0.05) is 109 Å². The van der Waals surface area contributed by atoms with Gasteiger partial charge in [-0.2, -0.15) is 0 Å². The Morgan fingerprint density at radius 2 is 0.850 bits per heavy atom. The van der Waals surface area contributed by atoms with Crippen LogP contribution in [-0.4, -0.2) is 9.97 Å². The Labute approximate surface area is 232 Å². The van der Waals surface area contributed by atoms with Crippen LogP contribution < -0.4 is 0 Å². The van der Waals surface area contributed by atoms with Crippen molar-refractivity contribution in [1.82, 2.24) is 9.97 Å². The first-order chi connectivity index (χ1) is 19.8. The van der Waals surface area contributed by atoms with Crippen molar-refractivity contribution in [2.75, 3.05) is 0 Å². The fourth-order valence-electron chi connectivity index (χ4n) is 6.17. The van der Waals surface area contributed by atoms with Crippen molar-refractivity contribution in [1.29, 1.82) is 0 Å². The van der Waals surface area contributed by atoms with E-state index >= 15 is 0 Å². The molecule has 2 aromatic heterocycles. The molecule has 40 heavy (non-hydrogen) atoms. The Morgan fingerprint density at radius 3 is 1.55 bits per heavy atom. The predicted molar refractivity (Wildman–Crippen MR) is 168 cm³/mol. The van der Waals surface area contributed by atoms with Crippen molar-refractivity contribution >= 4 is 43.1 Å². The molecular formula is C38H24N2. The van der Waals surface area contributed by atoms with Gasteiger partial charge in [0.1, 0.15) is 0 Å². The molecule has 0 spiro atoms. The molecule has 0 amide bonds. The Bertz CT molecular complexity index is 2170. The smallest absolute Gasteiger partial charge is 0.0353 e. The maximum absolute atomic E-state index is 4.74. The van der Waals surface area contributed by atoms with Gasteiger partial charge in [0.25, 0.3) is 0 Å². The number of nitrogens with zero attached hydrogens (tertiary/aromatic N) is 2. The Balaban J connectivity index is 1.42. The summed E-state index contributed by atoms with van der Waals surface area (Å²) in [7, 11) is 0. The van der Waals surface area contributed by atoms with Crippen LogP contribution in [0.5, 0.6) is 0 Å². The van der Waals surface area contributed by atoms with Gasteiger partial charge in [0, 0.05) is 46.9 Å². The van der Waals surface area contributed by atoms with Crippen LogP contribution in [0.4, 0.5) is 0 Å². The summed E-state index contributed by atoms with van der Waals surface area (Å²) >= 11 is 0. The summed E-state index contributed by atoms with van der Waals surface area (Å²) in [6.07, 6.45) is 7.80. The van der Waals surface area contributed by atoms with Crippen molar-refractivity contribution in [2.24, 2.45) is 0 Å². The molecule has 0 bridgehead atoms. The zero-order chi connectivity index (χ0) is 26.5. The third-order valence-corrected chi connectivity index (χ3v) is 7.98. The average molecular weight is 509 g/mol. The molecule has 0 N–H and O–H groups in total. The normalized spacial score (nSPS) is 11.5. The van der Waals surface area contributed by atoms with E-state index < -0.39 is 0 Å². The van der Waals surface area contributed by atoms with Crippen LogP contribution in [0.25, 0.3) is 76.5 Å². The van der Waals surface area contributed by atoms with Crippen LogP contribution >= 0.6 is 0 Å². The first kappa shape index (κ1) is 22.6. The van der Waals surface area contributed by atoms with Crippen LogP contribution in [-0.2, 0) is 0 Å². The van der Waals surface area contributed by atoms with E-state index in [2.05, 4.69) is 126 Å². The lowest BCUT2D eigenvalue weighted by Crippen LogP contribution is -1.92. The largest absolute Gasteiger partial charge is 0.263 e. The SMILES string of the molecule is c1ccc2cc(-c3c4ccccc4c(-c4cncc(-c5cncc6ccccc56)c4)c4ccccc34)ccc2c1. The highest BCUT2D eigenvalue weighted by molar-refractivity contribution is 6.21. The standard InChI is InChI=1S/C38H24N2/c1-2-10-26-19-27(18-17-25(26)9-1)37-32-13-5-7-15-34(32)38(35-16-8-6-14-33(35)37)30-20-29(22-39-23-30)36-24-40-21-28-11-3-4-12-31(28)36/h1-24H. The minimum atomic E-state index is 1.06. The Hall–Kier alpha value is -5.34. The minimum Gasteiger partial charge on any atom is -0.263 e. The number of aromatic nitrogens is 2. The maximum Gasteiger partial charge on any atom is 0.0353 e. The van der Waals surface area contributed by atoms with Crippen molar-refractivity contribution in [3.05, 3.63) is 146 Å². The molecule has 0 fully saturated rings. The molecule has 0 radical (unpaired) electrons. The third kappa shape index (κ3) is 3.58. The highest BCUT2D eigenvalue weighted by Gasteiger charge is 2.17. The number of hydrogen-bond donors (Lipinski definition) is 0. The molecule has 2 nitrogen and oxygen atoms in total. The molecule has 8 rings (SSSR count). The molecule has 8 aromatic rings. The van der Waals surface area contributed by atoms with Crippen LogP contribution in [0.1, 0.15) is 0 Å². The minimum absolute atomic E-state index is 1.06. The van der Waals surface area contributed by atoms with Gasteiger partial charge in [0.2, 0.25) is 0 Å². The topological polar surface area (TPSA) is 25.8 Å². The molecule has 2 heterocycles. The predicted octanol–water partition coefficient (Wildman–Crippen LogP) is 10.1. The average Bonchev–Trinajstić information content (AvgIpc) is 3.03. The Morgan fingerprint density at radius 1 is 0.325 bits per heavy atom. The maximum atomic E-state index is 4.74. The number of benzene rings is 6. The van der Waals surface area contributed by atoms with E-state index in [0.29, 0.717) is 0 Å². The van der Waals surface area contributed by atoms with Gasteiger partial charge in [-0.25, -0.2) is 0 Å². The molecular weight excluding hydrogens is 484 g/mol. The first-order valence-corrected chi connectivity index (χ1v) is 13.6. The van der Waals surface area contributed by atoms with Gasteiger partial charge in [-0.15, -0.1) is 0 Å². The molecule has 0 saturated heterocycles. The van der Waals surface area contributed by atoms with Crippen molar-refractivity contribution in [3.8, 4) is 33.4 Å². The summed E-state index contributed by atoms with van der Waals surface area (Å²) in [5.74, 6) is 0. The monoisotopic (exact) mass is 508 g/mol. The molecule has 0 aliphatic carbocycles. The number of rotatable bonds is 3. The fraction of sp³-hybridized carbons (Fsp3) is 0. The summed E-state index contributed by atoms with van der Waals surface area (Å²) in [5, 5.41) is 9.73. The number of fused-ring (bicyclic) bond motifs is 4. The summed E-state index contributed by atoms with van der Waals surface area (Å²) in [5.41, 5.74) is 6.96. The van der Waals surface area contributed by atoms with E-state index in [1.54, 1.807) is 0 Å². The lowest BCUT2D eigenvalue weighted by atomic mass is 9.85. The highest BCUT2D eigenvalue weighted by Crippen LogP contribution is 2.44. The number of hydrogen-bond acceptors (Lipinski definition) is 2. The van der Waals surface area contributed by atoms with Gasteiger partial charge in [-0.05, 0) is 66.5 Å². The van der Waals surface area contributed by atoms with E-state index in [0.717, 1.165) is 22.1 Å². The molecule has 0 aliphatic rings. The van der Waals surface area contributed by atoms with E-state index in [1.807, 2.05) is 24.8 Å². The van der Waals surface area contributed by atoms with Crippen LogP contribution in [0.3, 0.4) is 0 Å². The number of pyridine rings is 2. The van der Waals surface area contributed by atoms with E-state index in [9.17, 15) is 0 Å². The summed E-state index contributed by atoms with van der Waals surface area (Å²) < 4.78 is 0. The highest BCUT2D eigenvalue weighted by atomic mass is 14.6. The lowest BCUT2D eigenvalue weighted by molar-refractivity contribution is 1.32. The second kappa shape index (κ2) is 9.14. The molecule has 0 unspecified atom stereocenters. The first-order valence-electron chi connectivity index (χ1n) is 13.6. The lowest BCUT2D eigenvalue weighted by Gasteiger charge is -2.18. The second-order valence-electron chi connectivity index (χ2n) is 10.3. The zero-order valence-electron chi connectivity index (χ0n) is 21.8. The second-order valence-corrected chi connectivity index (χ2v) is 10.3. The van der Waals surface area contributed by atoms with Gasteiger partial charge in [0.05, 0.1) is 0 Å². The molecule has 0 saturated carbocycles. The summed E-state index contributed by atoms with van der Waals surface area (Å²) in [4.78, 5) is 9.28. The van der Waals surface area contributed by atoms with E-state index in [-0.39, 0.29) is 0 Å². The molecule has 0 aliphatic heterocycles. The van der Waals surface area contributed by atoms with Gasteiger partial charge >= 0.3 is 0 Å². The Kier molecular flexibility index (Phi) is 5.17. The van der Waals surface area contributed by atoms with Gasteiger partial charge < -0.3 is 0 Å². The molecule has 6 aromatic carbocycles. The van der Waals surface area contributed by atoms with Gasteiger partial charge in [-0.3, -0.25) is 9.97 Å². The van der Waals surface area contributed by atoms with Crippen molar-refractivity contribution < 1.29 is 0 Å². The zero-order valence-corrected chi connectivity index (χ0v) is 21.8. The van der Waals surface area contributed by atoms with Crippen LogP contribution in [0.15, 0.2) is 146 Å². The molecule has 186 valence electrons. The molecule has 0 atom stereocenters. The van der Waals surface area contributed by atoms with E-state index in [4.69, 9.17) is 4.98 Å². The van der Waals surface area contributed by atoms with E-state index in [1.165, 1.54) is 54.4 Å². The fourth-order valence-corrected chi connectivity index (χ4v) is 6.17. The quantitative estimate of drug-likeness (QED) is 0.222. The molecule has 2 heteroatoms. The van der Waals surface area contributed by atoms with Crippen molar-refractivity contribution in [3.63, 3.8) is 0 Å². The van der Waals surface area contributed by atoms with Crippen LogP contribution in [0.2, 0.25) is 0 Å². The van der Waals surface area contributed by atoms with Gasteiger partial charge in [0.15, 0.2) is 0 Å². The van der Waals surface area contributed by atoms with Crippen LogP contribution in [0, 0.1) is 0 Å². The van der Waals surface area contributed by atoms with Crippen molar-refractivity contribution in [2.45, 2.75) is 0 Å².